The van der Waals surface area contributed by atoms with Crippen LogP contribution in [0, 0.1) is 0 Å². The minimum absolute atomic E-state index is 0.687. The number of nitrogens with zero attached hydrogens (tertiary/aromatic N) is 3. The van der Waals surface area contributed by atoms with Crippen molar-refractivity contribution in [1.29, 1.82) is 0 Å². The summed E-state index contributed by atoms with van der Waals surface area (Å²) in [5.41, 5.74) is 8.10. The molecule has 1 aromatic heterocycles. The Bertz CT molecular complexity index is 579. The number of hydrogen-bond acceptors (Lipinski definition) is 3. The summed E-state index contributed by atoms with van der Waals surface area (Å²) in [6, 6.07) is 6.50. The minimum Gasteiger partial charge on any atom is -0.361 e. The number of nitrogens with two attached hydrogens (primary N) is 1. The van der Waals surface area contributed by atoms with E-state index < -0.39 is 0 Å². The molecule has 2 heterocycles. The third-order valence-corrected chi connectivity index (χ3v) is 4.17. The molecule has 0 unspecified atom stereocenters. The number of imidazole rings is 1. The standard InChI is InChI=1S/C14H17BrN4/c15-12-9-11(3-4-16)1-2-13(12)19-8-7-18-6-5-17-14(18)10-19/h1-2,5-6,9H,3-4,7-8,10,16H2. The molecule has 0 saturated carbocycles. The van der Waals surface area contributed by atoms with Gasteiger partial charge in [-0.2, -0.15) is 0 Å². The smallest absolute Gasteiger partial charge is 0.128 e. The number of halogens is 1. The van der Waals surface area contributed by atoms with Crippen LogP contribution in [0.1, 0.15) is 11.4 Å². The van der Waals surface area contributed by atoms with E-state index >= 15 is 0 Å². The number of hydrogen-bond donors (Lipinski definition) is 1. The number of aromatic nitrogens is 2. The van der Waals surface area contributed by atoms with Gasteiger partial charge in [0.2, 0.25) is 0 Å². The van der Waals surface area contributed by atoms with Crippen LogP contribution >= 0.6 is 15.9 Å². The fraction of sp³-hybridized carbons (Fsp3) is 0.357. The normalized spacial score (nSPS) is 14.5. The van der Waals surface area contributed by atoms with E-state index in [0.29, 0.717) is 6.54 Å². The van der Waals surface area contributed by atoms with Gasteiger partial charge in [0, 0.05) is 30.0 Å². The summed E-state index contributed by atoms with van der Waals surface area (Å²) in [4.78, 5) is 6.76. The summed E-state index contributed by atoms with van der Waals surface area (Å²) in [6.07, 6.45) is 4.84. The first-order valence-corrected chi connectivity index (χ1v) is 7.30. The first kappa shape index (κ1) is 12.7. The summed E-state index contributed by atoms with van der Waals surface area (Å²) in [5, 5.41) is 0. The predicted octanol–water partition coefficient (Wildman–Crippen LogP) is 2.17. The fourth-order valence-corrected chi connectivity index (χ4v) is 3.19. The van der Waals surface area contributed by atoms with Crippen LogP contribution in [0.4, 0.5) is 5.69 Å². The van der Waals surface area contributed by atoms with E-state index in [-0.39, 0.29) is 0 Å². The lowest BCUT2D eigenvalue weighted by atomic mass is 10.1. The molecule has 0 atom stereocenters. The summed E-state index contributed by atoms with van der Waals surface area (Å²) >= 11 is 3.67. The number of anilines is 1. The molecule has 3 rings (SSSR count). The van der Waals surface area contributed by atoms with Gasteiger partial charge in [-0.3, -0.25) is 0 Å². The second-order valence-corrected chi connectivity index (χ2v) is 5.64. The zero-order valence-electron chi connectivity index (χ0n) is 10.7. The molecule has 19 heavy (non-hydrogen) atoms. The Morgan fingerprint density at radius 1 is 1.32 bits per heavy atom. The molecule has 0 spiro atoms. The van der Waals surface area contributed by atoms with Crippen molar-refractivity contribution in [3.8, 4) is 0 Å². The molecule has 0 aliphatic carbocycles. The van der Waals surface area contributed by atoms with E-state index in [2.05, 4.69) is 48.6 Å². The van der Waals surface area contributed by atoms with Crippen LogP contribution in [-0.2, 0) is 19.5 Å². The zero-order chi connectivity index (χ0) is 13.2. The molecule has 1 aliphatic rings. The van der Waals surface area contributed by atoms with Crippen LogP contribution < -0.4 is 10.6 Å². The maximum absolute atomic E-state index is 5.60. The molecular weight excluding hydrogens is 304 g/mol. The van der Waals surface area contributed by atoms with Crippen LogP contribution in [0.3, 0.4) is 0 Å². The lowest BCUT2D eigenvalue weighted by Crippen LogP contribution is -2.33. The van der Waals surface area contributed by atoms with Gasteiger partial charge in [-0.1, -0.05) is 6.07 Å². The van der Waals surface area contributed by atoms with Crippen molar-refractivity contribution in [3.05, 3.63) is 46.5 Å². The Kier molecular flexibility index (Phi) is 3.57. The van der Waals surface area contributed by atoms with Gasteiger partial charge in [-0.05, 0) is 46.6 Å². The highest BCUT2D eigenvalue weighted by Crippen LogP contribution is 2.29. The van der Waals surface area contributed by atoms with Crippen molar-refractivity contribution in [3.63, 3.8) is 0 Å². The van der Waals surface area contributed by atoms with Crippen LogP contribution in [0.2, 0.25) is 0 Å². The third-order valence-electron chi connectivity index (χ3n) is 3.53. The third kappa shape index (κ3) is 2.53. The maximum atomic E-state index is 5.60. The van der Waals surface area contributed by atoms with Crippen molar-refractivity contribution >= 4 is 21.6 Å². The number of benzene rings is 1. The topological polar surface area (TPSA) is 47.1 Å². The van der Waals surface area contributed by atoms with Crippen molar-refractivity contribution in [2.45, 2.75) is 19.5 Å². The van der Waals surface area contributed by atoms with Gasteiger partial charge in [-0.15, -0.1) is 0 Å². The molecule has 2 aromatic rings. The van der Waals surface area contributed by atoms with Gasteiger partial charge in [-0.25, -0.2) is 4.98 Å². The summed E-state index contributed by atoms with van der Waals surface area (Å²) < 4.78 is 3.35. The highest BCUT2D eigenvalue weighted by atomic mass is 79.9. The van der Waals surface area contributed by atoms with E-state index in [1.165, 1.54) is 11.3 Å². The molecular formula is C14H17BrN4. The minimum atomic E-state index is 0.687. The van der Waals surface area contributed by atoms with Crippen LogP contribution in [0.5, 0.6) is 0 Å². The van der Waals surface area contributed by atoms with Gasteiger partial charge < -0.3 is 15.2 Å². The van der Waals surface area contributed by atoms with Crippen LogP contribution in [0.15, 0.2) is 35.1 Å². The monoisotopic (exact) mass is 320 g/mol. The van der Waals surface area contributed by atoms with E-state index in [9.17, 15) is 0 Å². The Labute approximate surface area is 121 Å². The van der Waals surface area contributed by atoms with E-state index in [1.807, 2.05) is 12.4 Å². The van der Waals surface area contributed by atoms with Crippen molar-refractivity contribution < 1.29 is 0 Å². The quantitative estimate of drug-likeness (QED) is 0.942. The zero-order valence-corrected chi connectivity index (χ0v) is 12.3. The van der Waals surface area contributed by atoms with Gasteiger partial charge >= 0.3 is 0 Å². The molecule has 0 bridgehead atoms. The molecule has 1 aliphatic heterocycles. The highest BCUT2D eigenvalue weighted by Gasteiger charge is 2.18. The van der Waals surface area contributed by atoms with Crippen LogP contribution in [-0.4, -0.2) is 22.6 Å². The summed E-state index contributed by atoms with van der Waals surface area (Å²) in [5.74, 6) is 1.13. The molecule has 0 radical (unpaired) electrons. The lowest BCUT2D eigenvalue weighted by Gasteiger charge is -2.30. The molecule has 0 amide bonds. The van der Waals surface area contributed by atoms with Crippen molar-refractivity contribution in [1.82, 2.24) is 9.55 Å². The second-order valence-electron chi connectivity index (χ2n) is 4.78. The summed E-state index contributed by atoms with van der Waals surface area (Å²) in [7, 11) is 0. The number of fused-ring (bicyclic) bond motifs is 1. The summed E-state index contributed by atoms with van der Waals surface area (Å²) in [6.45, 7) is 3.55. The van der Waals surface area contributed by atoms with Gasteiger partial charge in [0.15, 0.2) is 0 Å². The largest absolute Gasteiger partial charge is 0.361 e. The van der Waals surface area contributed by atoms with E-state index in [4.69, 9.17) is 5.73 Å². The van der Waals surface area contributed by atoms with Crippen molar-refractivity contribution in [2.75, 3.05) is 18.0 Å². The van der Waals surface area contributed by atoms with Crippen LogP contribution in [0.25, 0.3) is 0 Å². The van der Waals surface area contributed by atoms with Gasteiger partial charge in [0.25, 0.3) is 0 Å². The molecule has 100 valence electrons. The van der Waals surface area contributed by atoms with E-state index in [0.717, 1.165) is 36.4 Å². The average molecular weight is 321 g/mol. The lowest BCUT2D eigenvalue weighted by molar-refractivity contribution is 0.559. The highest BCUT2D eigenvalue weighted by molar-refractivity contribution is 9.10. The van der Waals surface area contributed by atoms with Gasteiger partial charge in [0.1, 0.15) is 5.82 Å². The average Bonchev–Trinajstić information content (AvgIpc) is 2.86. The van der Waals surface area contributed by atoms with E-state index in [1.54, 1.807) is 0 Å². The Morgan fingerprint density at radius 2 is 2.21 bits per heavy atom. The Hall–Kier alpha value is -1.33. The molecule has 0 fully saturated rings. The Morgan fingerprint density at radius 3 is 3.00 bits per heavy atom. The fourth-order valence-electron chi connectivity index (χ4n) is 2.51. The maximum Gasteiger partial charge on any atom is 0.128 e. The predicted molar refractivity (Wildman–Crippen MR) is 80.2 cm³/mol. The Balaban J connectivity index is 1.83. The number of rotatable bonds is 3. The van der Waals surface area contributed by atoms with Gasteiger partial charge in [0.05, 0.1) is 12.2 Å². The first-order chi connectivity index (χ1) is 9.28. The molecule has 4 nitrogen and oxygen atoms in total. The molecule has 2 N–H and O–H groups in total. The molecule has 0 saturated heterocycles. The SMILES string of the molecule is NCCc1ccc(N2CCn3ccnc3C2)c(Br)c1. The van der Waals surface area contributed by atoms with Crippen molar-refractivity contribution in [2.24, 2.45) is 5.73 Å². The second kappa shape index (κ2) is 5.35. The first-order valence-electron chi connectivity index (χ1n) is 6.51. The molecule has 5 heteroatoms. The molecule has 1 aromatic carbocycles.